The van der Waals surface area contributed by atoms with Crippen molar-refractivity contribution in [1.82, 2.24) is 4.98 Å². The van der Waals surface area contributed by atoms with Gasteiger partial charge in [-0.05, 0) is 36.4 Å². The number of aromatic nitrogens is 1. The second-order valence-corrected chi connectivity index (χ2v) is 5.05. The molecule has 98 valence electrons. The van der Waals surface area contributed by atoms with Gasteiger partial charge in [0.05, 0.1) is 22.5 Å². The standard InChI is InChI=1S/C12H11N3O3S/c16-19(17,18)12-6-4-10(5-7-12)15-14-9-11-3-1-2-8-13-11/h1-9,15H,(H,16,17,18)/b14-9+. The van der Waals surface area contributed by atoms with Crippen LogP contribution in [0.15, 0.2) is 58.7 Å². The third-order valence-corrected chi connectivity index (χ3v) is 3.10. The van der Waals surface area contributed by atoms with Crippen LogP contribution in [0.2, 0.25) is 0 Å². The molecule has 0 aliphatic rings. The number of hydrogen-bond donors (Lipinski definition) is 2. The number of anilines is 1. The van der Waals surface area contributed by atoms with E-state index >= 15 is 0 Å². The summed E-state index contributed by atoms with van der Waals surface area (Å²) in [4.78, 5) is 3.89. The Balaban J connectivity index is 2.03. The predicted octanol–water partition coefficient (Wildman–Crippen LogP) is 1.77. The molecule has 2 rings (SSSR count). The molecule has 7 heteroatoms. The normalized spacial score (nSPS) is 11.6. The SMILES string of the molecule is O=S(=O)(O)c1ccc(N/N=C/c2ccccn2)cc1. The Morgan fingerprint density at radius 2 is 1.89 bits per heavy atom. The van der Waals surface area contributed by atoms with Crippen molar-refractivity contribution in [2.24, 2.45) is 5.10 Å². The summed E-state index contributed by atoms with van der Waals surface area (Å²) in [5.74, 6) is 0. The fourth-order valence-electron chi connectivity index (χ4n) is 1.33. The molecule has 0 unspecified atom stereocenters. The highest BCUT2D eigenvalue weighted by molar-refractivity contribution is 7.85. The summed E-state index contributed by atoms with van der Waals surface area (Å²) in [6.45, 7) is 0. The molecule has 6 nitrogen and oxygen atoms in total. The van der Waals surface area contributed by atoms with Crippen LogP contribution < -0.4 is 5.43 Å². The van der Waals surface area contributed by atoms with Gasteiger partial charge >= 0.3 is 0 Å². The Bertz CT molecular complexity index is 667. The first-order valence-corrected chi connectivity index (χ1v) is 6.77. The molecule has 2 aromatic rings. The van der Waals surface area contributed by atoms with Crippen LogP contribution >= 0.6 is 0 Å². The monoisotopic (exact) mass is 277 g/mol. The zero-order valence-corrected chi connectivity index (χ0v) is 10.6. The van der Waals surface area contributed by atoms with Crippen molar-refractivity contribution in [3.8, 4) is 0 Å². The summed E-state index contributed by atoms with van der Waals surface area (Å²) in [6.07, 6.45) is 3.19. The minimum Gasteiger partial charge on any atom is -0.282 e. The molecule has 1 aromatic carbocycles. The van der Waals surface area contributed by atoms with Crippen molar-refractivity contribution in [1.29, 1.82) is 0 Å². The van der Waals surface area contributed by atoms with Crippen molar-refractivity contribution in [3.63, 3.8) is 0 Å². The molecule has 0 radical (unpaired) electrons. The number of nitrogens with zero attached hydrogens (tertiary/aromatic N) is 2. The molecule has 0 bridgehead atoms. The summed E-state index contributed by atoms with van der Waals surface area (Å²) >= 11 is 0. The molecule has 19 heavy (non-hydrogen) atoms. The van der Waals surface area contributed by atoms with E-state index in [4.69, 9.17) is 4.55 Å². The summed E-state index contributed by atoms with van der Waals surface area (Å²) in [7, 11) is -4.16. The van der Waals surface area contributed by atoms with E-state index in [0.717, 1.165) is 0 Å². The molecule has 1 heterocycles. The maximum Gasteiger partial charge on any atom is 0.294 e. The molecule has 2 N–H and O–H groups in total. The molecular formula is C12H11N3O3S. The second-order valence-electron chi connectivity index (χ2n) is 3.62. The van der Waals surface area contributed by atoms with E-state index in [-0.39, 0.29) is 4.90 Å². The number of rotatable bonds is 4. The number of hydrogen-bond acceptors (Lipinski definition) is 5. The largest absolute Gasteiger partial charge is 0.294 e. The highest BCUT2D eigenvalue weighted by atomic mass is 32.2. The van der Waals surface area contributed by atoms with E-state index in [2.05, 4.69) is 15.5 Å². The number of hydrazone groups is 1. The van der Waals surface area contributed by atoms with Crippen LogP contribution in [-0.4, -0.2) is 24.2 Å². The van der Waals surface area contributed by atoms with Crippen LogP contribution in [0.4, 0.5) is 5.69 Å². The van der Waals surface area contributed by atoms with Crippen LogP contribution in [0.1, 0.15) is 5.69 Å². The first kappa shape index (κ1) is 13.2. The molecule has 0 fully saturated rings. The van der Waals surface area contributed by atoms with Crippen LogP contribution in [0.3, 0.4) is 0 Å². The van der Waals surface area contributed by atoms with Gasteiger partial charge in [-0.3, -0.25) is 15.0 Å². The number of pyridine rings is 1. The van der Waals surface area contributed by atoms with Gasteiger partial charge in [-0.25, -0.2) is 0 Å². The zero-order valence-electron chi connectivity index (χ0n) is 9.76. The number of benzene rings is 1. The Kier molecular flexibility index (Phi) is 3.88. The van der Waals surface area contributed by atoms with Crippen molar-refractivity contribution in [2.45, 2.75) is 4.90 Å². The average molecular weight is 277 g/mol. The van der Waals surface area contributed by atoms with Crippen LogP contribution in [0, 0.1) is 0 Å². The molecule has 0 saturated heterocycles. The minimum absolute atomic E-state index is 0.160. The fraction of sp³-hybridized carbons (Fsp3) is 0. The molecule has 1 aromatic heterocycles. The Labute approximate surface area is 110 Å². The van der Waals surface area contributed by atoms with Crippen molar-refractivity contribution < 1.29 is 13.0 Å². The third kappa shape index (κ3) is 3.87. The van der Waals surface area contributed by atoms with E-state index < -0.39 is 10.1 Å². The molecular weight excluding hydrogens is 266 g/mol. The second kappa shape index (κ2) is 5.59. The Morgan fingerprint density at radius 3 is 2.47 bits per heavy atom. The topological polar surface area (TPSA) is 91.7 Å². The first-order valence-electron chi connectivity index (χ1n) is 5.33. The Morgan fingerprint density at radius 1 is 1.16 bits per heavy atom. The molecule has 0 aliphatic heterocycles. The molecule has 0 amide bonds. The quantitative estimate of drug-likeness (QED) is 0.505. The van der Waals surface area contributed by atoms with Gasteiger partial charge in [0.25, 0.3) is 10.1 Å². The van der Waals surface area contributed by atoms with Gasteiger partial charge in [0, 0.05) is 6.20 Å². The van der Waals surface area contributed by atoms with Crippen molar-refractivity contribution in [2.75, 3.05) is 5.43 Å². The smallest absolute Gasteiger partial charge is 0.282 e. The van der Waals surface area contributed by atoms with Gasteiger partial charge in [-0.1, -0.05) is 6.07 Å². The summed E-state index contributed by atoms with van der Waals surface area (Å²) in [5.41, 5.74) is 4.02. The first-order chi connectivity index (χ1) is 9.05. The van der Waals surface area contributed by atoms with Crippen molar-refractivity contribution in [3.05, 3.63) is 54.4 Å². The van der Waals surface area contributed by atoms with Gasteiger partial charge in [-0.15, -0.1) is 0 Å². The van der Waals surface area contributed by atoms with Gasteiger partial charge in [-0.2, -0.15) is 13.5 Å². The molecule has 0 saturated carbocycles. The highest BCUT2D eigenvalue weighted by Crippen LogP contribution is 2.13. The minimum atomic E-state index is -4.16. The molecule has 0 atom stereocenters. The van der Waals surface area contributed by atoms with E-state index in [1.54, 1.807) is 18.3 Å². The molecule has 0 aliphatic carbocycles. The van der Waals surface area contributed by atoms with E-state index in [9.17, 15) is 8.42 Å². The lowest BCUT2D eigenvalue weighted by Crippen LogP contribution is -1.98. The van der Waals surface area contributed by atoms with Crippen molar-refractivity contribution >= 4 is 22.0 Å². The predicted molar refractivity (Wildman–Crippen MR) is 71.7 cm³/mol. The fourth-order valence-corrected chi connectivity index (χ4v) is 1.81. The van der Waals surface area contributed by atoms with Gasteiger partial charge in [0.2, 0.25) is 0 Å². The summed E-state index contributed by atoms with van der Waals surface area (Å²) in [5, 5.41) is 3.95. The number of nitrogens with one attached hydrogen (secondary N) is 1. The summed E-state index contributed by atoms with van der Waals surface area (Å²) < 4.78 is 30.5. The van der Waals surface area contributed by atoms with Gasteiger partial charge < -0.3 is 0 Å². The maximum atomic E-state index is 10.8. The third-order valence-electron chi connectivity index (χ3n) is 2.23. The van der Waals surface area contributed by atoms with E-state index in [1.807, 2.05) is 6.07 Å². The highest BCUT2D eigenvalue weighted by Gasteiger charge is 2.07. The lowest BCUT2D eigenvalue weighted by molar-refractivity contribution is 0.483. The van der Waals surface area contributed by atoms with Crippen LogP contribution in [-0.2, 0) is 10.1 Å². The van der Waals surface area contributed by atoms with E-state index in [0.29, 0.717) is 11.4 Å². The maximum absolute atomic E-state index is 10.8. The lowest BCUT2D eigenvalue weighted by Gasteiger charge is -2.01. The van der Waals surface area contributed by atoms with Gasteiger partial charge in [0.1, 0.15) is 0 Å². The Hall–Kier alpha value is -2.25. The van der Waals surface area contributed by atoms with E-state index in [1.165, 1.54) is 30.5 Å². The molecule has 0 spiro atoms. The zero-order chi connectivity index (χ0) is 13.7. The summed E-state index contributed by atoms with van der Waals surface area (Å²) in [6, 6.07) is 11.0. The van der Waals surface area contributed by atoms with Crippen LogP contribution in [0.5, 0.6) is 0 Å². The lowest BCUT2D eigenvalue weighted by atomic mass is 10.3. The average Bonchev–Trinajstić information content (AvgIpc) is 2.39. The van der Waals surface area contributed by atoms with Gasteiger partial charge in [0.15, 0.2) is 0 Å². The van der Waals surface area contributed by atoms with Crippen LogP contribution in [0.25, 0.3) is 0 Å².